The van der Waals surface area contributed by atoms with Gasteiger partial charge >= 0.3 is 5.97 Å². The van der Waals surface area contributed by atoms with Gasteiger partial charge in [-0.1, -0.05) is 24.3 Å². The van der Waals surface area contributed by atoms with Gasteiger partial charge in [-0.05, 0) is 79.9 Å². The van der Waals surface area contributed by atoms with Gasteiger partial charge in [-0.3, -0.25) is 14.5 Å². The molecule has 0 bridgehead atoms. The van der Waals surface area contributed by atoms with Crippen LogP contribution in [0.4, 0.5) is 0 Å². The number of aromatic nitrogens is 3. The number of carbonyl (C=O) groups is 1. The minimum absolute atomic E-state index is 0.0190. The molecule has 0 spiro atoms. The largest absolute Gasteiger partial charge is 0.468 e. The average Bonchev–Trinajstić information content (AvgIpc) is 3.30. The molecule has 5 rings (SSSR count). The molecule has 1 fully saturated rings. The zero-order valence-electron chi connectivity index (χ0n) is 21.0. The predicted molar refractivity (Wildman–Crippen MR) is 139 cm³/mol. The normalized spacial score (nSPS) is 16.0. The minimum atomic E-state index is -0.378. The van der Waals surface area contributed by atoms with E-state index >= 15 is 0 Å². The van der Waals surface area contributed by atoms with Crippen molar-refractivity contribution in [3.8, 4) is 0 Å². The Kier molecular flexibility index (Phi) is 6.89. The number of carbonyl (C=O) groups excluding carboxylic acids is 1. The van der Waals surface area contributed by atoms with Crippen LogP contribution in [0.25, 0.3) is 21.8 Å². The highest BCUT2D eigenvalue weighted by Crippen LogP contribution is 2.30. The van der Waals surface area contributed by atoms with Crippen molar-refractivity contribution in [2.75, 3.05) is 27.3 Å². The number of nitrogens with one attached hydrogen (secondary N) is 1. The molecule has 2 aromatic heterocycles. The number of rotatable bonds is 7. The summed E-state index contributed by atoms with van der Waals surface area (Å²) in [5.74, 6) is -0.0667. The highest BCUT2D eigenvalue weighted by atomic mass is 16.5. The first-order chi connectivity index (χ1) is 17.5. The molecule has 2 aromatic carbocycles. The number of para-hydroxylation sites is 1. The third kappa shape index (κ3) is 4.79. The summed E-state index contributed by atoms with van der Waals surface area (Å²) in [4.78, 5) is 30.8. The molecule has 8 heteroatoms. The van der Waals surface area contributed by atoms with Crippen molar-refractivity contribution in [1.82, 2.24) is 19.7 Å². The highest BCUT2D eigenvalue weighted by molar-refractivity contribution is 5.83. The van der Waals surface area contributed by atoms with Crippen molar-refractivity contribution in [3.63, 3.8) is 0 Å². The van der Waals surface area contributed by atoms with E-state index in [0.717, 1.165) is 64.4 Å². The summed E-state index contributed by atoms with van der Waals surface area (Å²) in [5.41, 5.74) is 4.74. The number of nitrogens with zero attached hydrogens (tertiary/aromatic N) is 3. The molecule has 36 heavy (non-hydrogen) atoms. The molecule has 0 amide bonds. The van der Waals surface area contributed by atoms with E-state index in [4.69, 9.17) is 9.47 Å². The fourth-order valence-electron chi connectivity index (χ4n) is 5.46. The van der Waals surface area contributed by atoms with Gasteiger partial charge in [0, 0.05) is 29.8 Å². The lowest BCUT2D eigenvalue weighted by atomic mass is 9.88. The van der Waals surface area contributed by atoms with Crippen LogP contribution in [0.2, 0.25) is 0 Å². The van der Waals surface area contributed by atoms with E-state index in [0.29, 0.717) is 13.2 Å². The molecule has 0 saturated carbocycles. The maximum atomic E-state index is 12.9. The molecule has 188 valence electrons. The van der Waals surface area contributed by atoms with Gasteiger partial charge < -0.3 is 14.5 Å². The molecule has 1 aliphatic heterocycles. The molecular weight excluding hydrogens is 456 g/mol. The second kappa shape index (κ2) is 10.2. The average molecular weight is 489 g/mol. The standard InChI is InChI=1S/C28H32N4O4/c1-18-12-19(13-22-16-32(17-35-2)30-26(18)22)14-25(28(34)36-3)31-10-8-20(9-11-31)23-15-21-6-4-5-7-24(21)29-27(23)33/h4-7,12-13,15-16,20,25H,8-11,14,17H2,1-3H3,(H,29,33)/t25-/m1/s1. The van der Waals surface area contributed by atoms with Crippen molar-refractivity contribution in [2.24, 2.45) is 0 Å². The molecule has 3 heterocycles. The SMILES string of the molecule is COCn1cc2cc(C[C@H](C(=O)OC)N3CCC(c4cc5ccccc5[nH]c4=O)CC3)cc(C)c2n1. The lowest BCUT2D eigenvalue weighted by Crippen LogP contribution is -2.47. The molecule has 0 radical (unpaired) electrons. The first-order valence-corrected chi connectivity index (χ1v) is 12.4. The number of methoxy groups -OCH3 is 2. The van der Waals surface area contributed by atoms with Gasteiger partial charge in [-0.15, -0.1) is 0 Å². The third-order valence-corrected chi connectivity index (χ3v) is 7.26. The van der Waals surface area contributed by atoms with Crippen molar-refractivity contribution in [2.45, 2.75) is 44.9 Å². The molecule has 4 aromatic rings. The van der Waals surface area contributed by atoms with Gasteiger partial charge in [-0.2, -0.15) is 5.10 Å². The van der Waals surface area contributed by atoms with Crippen LogP contribution in [0.5, 0.6) is 0 Å². The summed E-state index contributed by atoms with van der Waals surface area (Å²) in [7, 11) is 3.09. The maximum absolute atomic E-state index is 12.9. The van der Waals surface area contributed by atoms with Crippen molar-refractivity contribution in [1.29, 1.82) is 0 Å². The van der Waals surface area contributed by atoms with Crippen LogP contribution in [0.3, 0.4) is 0 Å². The van der Waals surface area contributed by atoms with Crippen molar-refractivity contribution in [3.05, 3.63) is 75.7 Å². The maximum Gasteiger partial charge on any atom is 0.323 e. The smallest absolute Gasteiger partial charge is 0.323 e. The number of benzene rings is 2. The van der Waals surface area contributed by atoms with Gasteiger partial charge in [0.1, 0.15) is 12.8 Å². The first-order valence-electron chi connectivity index (χ1n) is 12.4. The number of aryl methyl sites for hydroxylation is 1. The van der Waals surface area contributed by atoms with E-state index in [1.54, 1.807) is 11.8 Å². The Bertz CT molecular complexity index is 1450. The number of piperidine rings is 1. The van der Waals surface area contributed by atoms with Gasteiger partial charge in [-0.25, -0.2) is 4.68 Å². The van der Waals surface area contributed by atoms with E-state index in [1.807, 2.05) is 43.5 Å². The van der Waals surface area contributed by atoms with E-state index in [2.05, 4.69) is 27.1 Å². The summed E-state index contributed by atoms with van der Waals surface area (Å²) in [5, 5.41) is 6.66. The predicted octanol–water partition coefficient (Wildman–Crippen LogP) is 3.75. The molecular formula is C28H32N4O4. The zero-order valence-corrected chi connectivity index (χ0v) is 21.0. The van der Waals surface area contributed by atoms with Gasteiger partial charge in [0.2, 0.25) is 0 Å². The van der Waals surface area contributed by atoms with Crippen LogP contribution in [0.15, 0.2) is 53.5 Å². The number of H-pyrrole nitrogens is 1. The fraction of sp³-hybridized carbons (Fsp3) is 0.393. The second-order valence-corrected chi connectivity index (χ2v) is 9.63. The number of hydrogen-bond acceptors (Lipinski definition) is 6. The molecule has 8 nitrogen and oxygen atoms in total. The lowest BCUT2D eigenvalue weighted by molar-refractivity contribution is -0.147. The summed E-state index contributed by atoms with van der Waals surface area (Å²) in [6.45, 7) is 3.88. The van der Waals surface area contributed by atoms with E-state index in [-0.39, 0.29) is 23.5 Å². The van der Waals surface area contributed by atoms with Crippen LogP contribution in [-0.2, 0) is 27.4 Å². The topological polar surface area (TPSA) is 89.5 Å². The fourth-order valence-corrected chi connectivity index (χ4v) is 5.46. The van der Waals surface area contributed by atoms with E-state index in [9.17, 15) is 9.59 Å². The zero-order chi connectivity index (χ0) is 25.2. The van der Waals surface area contributed by atoms with Crippen LogP contribution in [-0.4, -0.2) is 59.0 Å². The van der Waals surface area contributed by atoms with Gasteiger partial charge in [0.15, 0.2) is 0 Å². The molecule has 1 N–H and O–H groups in total. The molecule has 0 unspecified atom stereocenters. The summed E-state index contributed by atoms with van der Waals surface area (Å²) < 4.78 is 12.2. The molecule has 0 aliphatic carbocycles. The van der Waals surface area contributed by atoms with Crippen LogP contribution < -0.4 is 5.56 Å². The number of likely N-dealkylation sites (tertiary alicyclic amines) is 1. The Morgan fingerprint density at radius 3 is 2.67 bits per heavy atom. The highest BCUT2D eigenvalue weighted by Gasteiger charge is 2.32. The third-order valence-electron chi connectivity index (χ3n) is 7.26. The summed E-state index contributed by atoms with van der Waals surface area (Å²) >= 11 is 0. The lowest BCUT2D eigenvalue weighted by Gasteiger charge is -2.36. The van der Waals surface area contributed by atoms with Gasteiger partial charge in [0.05, 0.1) is 12.6 Å². The summed E-state index contributed by atoms with van der Waals surface area (Å²) in [6, 6.07) is 13.7. The Morgan fingerprint density at radius 2 is 1.92 bits per heavy atom. The number of ether oxygens (including phenoxy) is 2. The van der Waals surface area contributed by atoms with E-state index < -0.39 is 0 Å². The Morgan fingerprint density at radius 1 is 1.14 bits per heavy atom. The molecule has 1 saturated heterocycles. The van der Waals surface area contributed by atoms with Crippen LogP contribution in [0.1, 0.15) is 35.4 Å². The number of hydrogen-bond donors (Lipinski definition) is 1. The molecule has 1 aliphatic rings. The number of fused-ring (bicyclic) bond motifs is 2. The number of aromatic amines is 1. The Balaban J connectivity index is 1.34. The Labute approximate surface area is 209 Å². The monoisotopic (exact) mass is 488 g/mol. The van der Waals surface area contributed by atoms with Crippen molar-refractivity contribution < 1.29 is 14.3 Å². The van der Waals surface area contributed by atoms with E-state index in [1.165, 1.54) is 7.11 Å². The van der Waals surface area contributed by atoms with Crippen LogP contribution >= 0.6 is 0 Å². The second-order valence-electron chi connectivity index (χ2n) is 9.63. The molecule has 1 atom stereocenters. The number of esters is 1. The van der Waals surface area contributed by atoms with Crippen LogP contribution in [0, 0.1) is 6.92 Å². The van der Waals surface area contributed by atoms with Crippen molar-refractivity contribution >= 4 is 27.8 Å². The minimum Gasteiger partial charge on any atom is -0.468 e. The van der Waals surface area contributed by atoms with Gasteiger partial charge in [0.25, 0.3) is 5.56 Å². The Hall–Kier alpha value is -3.49. The number of pyridine rings is 1. The quantitative estimate of drug-likeness (QED) is 0.399. The first kappa shape index (κ1) is 24.2. The summed E-state index contributed by atoms with van der Waals surface area (Å²) in [6.07, 6.45) is 4.16.